The van der Waals surface area contributed by atoms with Crippen LogP contribution < -0.4 is 5.32 Å². The van der Waals surface area contributed by atoms with Gasteiger partial charge in [0, 0.05) is 31.9 Å². The lowest BCUT2D eigenvalue weighted by atomic mass is 10.1. The molecule has 2 heterocycles. The third kappa shape index (κ3) is 4.38. The molecule has 2 rings (SSSR count). The quantitative estimate of drug-likeness (QED) is 0.673. The minimum absolute atomic E-state index is 0.0122. The van der Waals surface area contributed by atoms with E-state index in [1.807, 2.05) is 6.92 Å². The van der Waals surface area contributed by atoms with Crippen molar-refractivity contribution in [1.29, 1.82) is 0 Å². The average molecular weight is 322 g/mol. The van der Waals surface area contributed by atoms with E-state index in [0.29, 0.717) is 17.2 Å². The Balaban J connectivity index is 2.05. The Kier molecular flexibility index (Phi) is 5.45. The van der Waals surface area contributed by atoms with Crippen molar-refractivity contribution >= 4 is 23.7 Å². The van der Waals surface area contributed by atoms with Gasteiger partial charge in [-0.15, -0.1) is 5.06 Å². The van der Waals surface area contributed by atoms with Gasteiger partial charge in [-0.1, -0.05) is 6.92 Å². The zero-order chi connectivity index (χ0) is 16.8. The molecule has 1 saturated heterocycles. The topological polar surface area (TPSA) is 121 Å². The lowest BCUT2D eigenvalue weighted by Crippen LogP contribution is -2.46. The molecule has 9 heteroatoms. The van der Waals surface area contributed by atoms with Gasteiger partial charge in [-0.25, -0.2) is 9.78 Å². The number of hydrogen-bond donors (Lipinski definition) is 2. The van der Waals surface area contributed by atoms with E-state index in [0.717, 1.165) is 0 Å². The largest absolute Gasteiger partial charge is 0.355 e. The zero-order valence-electron chi connectivity index (χ0n) is 12.7. The first-order valence-electron chi connectivity index (χ1n) is 7.36. The fourth-order valence-electron chi connectivity index (χ4n) is 2.11. The molecule has 0 bridgehead atoms. The van der Waals surface area contributed by atoms with Gasteiger partial charge in [-0.2, -0.15) is 0 Å². The SMILES string of the molecule is CCCC(=O)N[C@@H](Cc1c[nH]cn1)C(=O)ON1C(=O)CCC1=O. The van der Waals surface area contributed by atoms with Crippen LogP contribution in [0.25, 0.3) is 0 Å². The second-order valence-corrected chi connectivity index (χ2v) is 5.13. The number of hydroxylamine groups is 2. The van der Waals surface area contributed by atoms with E-state index in [9.17, 15) is 19.2 Å². The minimum atomic E-state index is -1.03. The van der Waals surface area contributed by atoms with Crippen LogP contribution in [-0.4, -0.2) is 44.8 Å². The van der Waals surface area contributed by atoms with Crippen LogP contribution in [-0.2, 0) is 30.4 Å². The third-order valence-corrected chi connectivity index (χ3v) is 3.25. The van der Waals surface area contributed by atoms with Gasteiger partial charge in [0.2, 0.25) is 5.91 Å². The van der Waals surface area contributed by atoms with Gasteiger partial charge < -0.3 is 15.1 Å². The Labute approximate surface area is 132 Å². The first-order valence-corrected chi connectivity index (χ1v) is 7.36. The first kappa shape index (κ1) is 16.7. The highest BCUT2D eigenvalue weighted by Gasteiger charge is 2.35. The van der Waals surface area contributed by atoms with E-state index in [2.05, 4.69) is 15.3 Å². The number of imide groups is 1. The van der Waals surface area contributed by atoms with E-state index >= 15 is 0 Å². The molecule has 1 aromatic rings. The number of carbonyl (C=O) groups is 4. The summed E-state index contributed by atoms with van der Waals surface area (Å²) in [5.74, 6) is -2.33. The lowest BCUT2D eigenvalue weighted by Gasteiger charge is -2.19. The maximum absolute atomic E-state index is 12.2. The molecular formula is C14H18N4O5. The highest BCUT2D eigenvalue weighted by atomic mass is 16.7. The number of nitrogens with zero attached hydrogens (tertiary/aromatic N) is 2. The molecule has 0 saturated carbocycles. The van der Waals surface area contributed by atoms with E-state index in [4.69, 9.17) is 4.84 Å². The highest BCUT2D eigenvalue weighted by Crippen LogP contribution is 2.13. The van der Waals surface area contributed by atoms with Gasteiger partial charge in [0.15, 0.2) is 0 Å². The van der Waals surface area contributed by atoms with Gasteiger partial charge in [0.1, 0.15) is 6.04 Å². The van der Waals surface area contributed by atoms with E-state index in [-0.39, 0.29) is 31.6 Å². The number of rotatable bonds is 7. The van der Waals surface area contributed by atoms with Crippen molar-refractivity contribution in [1.82, 2.24) is 20.3 Å². The number of H-pyrrole nitrogens is 1. The maximum Gasteiger partial charge on any atom is 0.355 e. The lowest BCUT2D eigenvalue weighted by molar-refractivity contribution is -0.199. The molecule has 0 aliphatic carbocycles. The second-order valence-electron chi connectivity index (χ2n) is 5.13. The van der Waals surface area contributed by atoms with Crippen LogP contribution in [0.3, 0.4) is 0 Å². The summed E-state index contributed by atoms with van der Waals surface area (Å²) in [7, 11) is 0. The van der Waals surface area contributed by atoms with E-state index in [1.54, 1.807) is 6.20 Å². The van der Waals surface area contributed by atoms with Crippen molar-refractivity contribution in [3.8, 4) is 0 Å². The molecule has 2 N–H and O–H groups in total. The van der Waals surface area contributed by atoms with Crippen LogP contribution in [0, 0.1) is 0 Å². The van der Waals surface area contributed by atoms with Gasteiger partial charge in [-0.05, 0) is 6.42 Å². The van der Waals surface area contributed by atoms with E-state index in [1.165, 1.54) is 6.33 Å². The zero-order valence-corrected chi connectivity index (χ0v) is 12.7. The van der Waals surface area contributed by atoms with Crippen LogP contribution >= 0.6 is 0 Å². The number of amides is 3. The third-order valence-electron chi connectivity index (χ3n) is 3.25. The summed E-state index contributed by atoms with van der Waals surface area (Å²) in [5, 5.41) is 3.01. The van der Waals surface area contributed by atoms with Crippen molar-refractivity contribution in [2.45, 2.75) is 45.1 Å². The Morgan fingerprint density at radius 2 is 2.09 bits per heavy atom. The van der Waals surface area contributed by atoms with E-state index < -0.39 is 23.8 Å². The molecule has 9 nitrogen and oxygen atoms in total. The molecule has 1 aromatic heterocycles. The molecule has 1 atom stereocenters. The van der Waals surface area contributed by atoms with Crippen LogP contribution in [0.4, 0.5) is 0 Å². The number of aromatic nitrogens is 2. The van der Waals surface area contributed by atoms with Crippen LogP contribution in [0.15, 0.2) is 12.5 Å². The summed E-state index contributed by atoms with van der Waals surface area (Å²) in [6.07, 6.45) is 4.02. The number of hydrogen-bond acceptors (Lipinski definition) is 6. The summed E-state index contributed by atoms with van der Waals surface area (Å²) < 4.78 is 0. The normalized spacial score (nSPS) is 15.6. The summed E-state index contributed by atoms with van der Waals surface area (Å²) in [4.78, 5) is 58.6. The molecule has 0 radical (unpaired) electrons. The van der Waals surface area contributed by atoms with Crippen molar-refractivity contribution < 1.29 is 24.0 Å². The van der Waals surface area contributed by atoms with Crippen LogP contribution in [0.2, 0.25) is 0 Å². The van der Waals surface area contributed by atoms with Crippen molar-refractivity contribution in [2.24, 2.45) is 0 Å². The van der Waals surface area contributed by atoms with Crippen molar-refractivity contribution in [2.75, 3.05) is 0 Å². The van der Waals surface area contributed by atoms with Gasteiger partial charge in [0.25, 0.3) is 11.8 Å². The summed E-state index contributed by atoms with van der Waals surface area (Å²) in [6.45, 7) is 1.84. The van der Waals surface area contributed by atoms with Gasteiger partial charge in [-0.3, -0.25) is 14.4 Å². The predicted molar refractivity (Wildman–Crippen MR) is 76.3 cm³/mol. The molecule has 124 valence electrons. The fraction of sp³-hybridized carbons (Fsp3) is 0.500. The Bertz CT molecular complexity index is 582. The van der Waals surface area contributed by atoms with Crippen molar-refractivity contribution in [3.05, 3.63) is 18.2 Å². The molecular weight excluding hydrogens is 304 g/mol. The van der Waals surface area contributed by atoms with Gasteiger partial charge in [0.05, 0.1) is 12.0 Å². The van der Waals surface area contributed by atoms with Crippen LogP contribution in [0.1, 0.15) is 38.3 Å². The Morgan fingerprint density at radius 1 is 1.39 bits per heavy atom. The molecule has 1 aliphatic heterocycles. The summed E-state index contributed by atoms with van der Waals surface area (Å²) in [5.41, 5.74) is 0.544. The summed E-state index contributed by atoms with van der Waals surface area (Å²) in [6, 6.07) is -1.03. The molecule has 23 heavy (non-hydrogen) atoms. The van der Waals surface area contributed by atoms with Crippen LogP contribution in [0.5, 0.6) is 0 Å². The number of aromatic amines is 1. The van der Waals surface area contributed by atoms with Crippen molar-refractivity contribution in [3.63, 3.8) is 0 Å². The fourth-order valence-corrected chi connectivity index (χ4v) is 2.11. The summed E-state index contributed by atoms with van der Waals surface area (Å²) >= 11 is 0. The second kappa shape index (κ2) is 7.52. The Morgan fingerprint density at radius 3 is 2.65 bits per heavy atom. The first-order chi connectivity index (χ1) is 11.0. The predicted octanol–water partition coefficient (Wildman–Crippen LogP) is -0.156. The Hall–Kier alpha value is -2.71. The monoisotopic (exact) mass is 322 g/mol. The number of nitrogens with one attached hydrogen (secondary N) is 2. The minimum Gasteiger partial charge on any atom is -0.351 e. The maximum atomic E-state index is 12.2. The average Bonchev–Trinajstić information content (AvgIpc) is 3.12. The standard InChI is InChI=1S/C14H18N4O5/c1-2-3-11(19)17-10(6-9-7-15-8-16-9)14(22)23-18-12(20)4-5-13(18)21/h7-8,10H,2-6H2,1H3,(H,15,16)(H,17,19)/t10-/m0/s1. The molecule has 0 spiro atoms. The number of carbonyl (C=O) groups excluding carboxylic acids is 4. The molecule has 1 fully saturated rings. The smallest absolute Gasteiger partial charge is 0.351 e. The number of imidazole rings is 1. The molecule has 0 aromatic carbocycles. The molecule has 3 amide bonds. The molecule has 1 aliphatic rings. The molecule has 0 unspecified atom stereocenters. The highest BCUT2D eigenvalue weighted by molar-refractivity contribution is 6.02. The van der Waals surface area contributed by atoms with Gasteiger partial charge >= 0.3 is 5.97 Å².